The van der Waals surface area contributed by atoms with E-state index in [1.165, 1.54) is 0 Å². The van der Waals surface area contributed by atoms with Crippen molar-refractivity contribution in [3.05, 3.63) is 0 Å². The molecule has 0 aromatic heterocycles. The molecule has 0 unspecified atom stereocenters. The Kier molecular flexibility index (Phi) is 8.83. The molecule has 0 radical (unpaired) electrons. The predicted octanol–water partition coefficient (Wildman–Crippen LogP) is -0.333. The molecule has 0 aromatic rings. The summed E-state index contributed by atoms with van der Waals surface area (Å²) in [6.45, 7) is 1.43. The number of hydroxylamine groups is 2. The molecule has 8 nitrogen and oxygen atoms in total. The first-order valence-electron chi connectivity index (χ1n) is 6.88. The first-order chi connectivity index (χ1) is 10.6. The van der Waals surface area contributed by atoms with Crippen LogP contribution in [0.2, 0.25) is 0 Å². The maximum Gasteiger partial charge on any atom is 0.358 e. The van der Waals surface area contributed by atoms with E-state index in [1.807, 2.05) is 0 Å². The van der Waals surface area contributed by atoms with Crippen molar-refractivity contribution in [3.63, 3.8) is 0 Å². The Morgan fingerprint density at radius 3 is 2.14 bits per heavy atom. The van der Waals surface area contributed by atoms with E-state index < -0.39 is 17.8 Å². The molecule has 1 aliphatic heterocycles. The van der Waals surface area contributed by atoms with Crippen LogP contribution in [0.15, 0.2) is 0 Å². The molecule has 0 aromatic carbocycles. The lowest BCUT2D eigenvalue weighted by Gasteiger charge is -2.12. The SMILES string of the molecule is C#CCCOCCOCCOCC(=O)ON1C(=O)CCC1=O. The van der Waals surface area contributed by atoms with Gasteiger partial charge in [-0.2, -0.15) is 0 Å². The quantitative estimate of drug-likeness (QED) is 0.293. The Morgan fingerprint density at radius 1 is 1.00 bits per heavy atom. The van der Waals surface area contributed by atoms with E-state index in [0.29, 0.717) is 31.3 Å². The monoisotopic (exact) mass is 313 g/mol. The number of imide groups is 1. The number of hydrogen-bond acceptors (Lipinski definition) is 7. The molecule has 1 saturated heterocycles. The van der Waals surface area contributed by atoms with Crippen LogP contribution in [0.3, 0.4) is 0 Å². The highest BCUT2D eigenvalue weighted by atomic mass is 16.7. The van der Waals surface area contributed by atoms with E-state index >= 15 is 0 Å². The van der Waals surface area contributed by atoms with Gasteiger partial charge in [-0.1, -0.05) is 0 Å². The largest absolute Gasteiger partial charge is 0.378 e. The van der Waals surface area contributed by atoms with Gasteiger partial charge in [0.05, 0.1) is 33.0 Å². The second-order valence-corrected chi connectivity index (χ2v) is 4.28. The maximum atomic E-state index is 11.4. The zero-order valence-electron chi connectivity index (χ0n) is 12.2. The molecule has 0 bridgehead atoms. The summed E-state index contributed by atoms with van der Waals surface area (Å²) in [6.07, 6.45) is 5.74. The van der Waals surface area contributed by atoms with Gasteiger partial charge in [0.15, 0.2) is 0 Å². The van der Waals surface area contributed by atoms with Crippen LogP contribution in [0.1, 0.15) is 19.3 Å². The van der Waals surface area contributed by atoms with Crippen LogP contribution in [-0.4, -0.2) is 62.5 Å². The van der Waals surface area contributed by atoms with Gasteiger partial charge in [0, 0.05) is 19.3 Å². The third-order valence-electron chi connectivity index (χ3n) is 2.55. The molecular weight excluding hydrogens is 294 g/mol. The number of ether oxygens (including phenoxy) is 3. The van der Waals surface area contributed by atoms with Gasteiger partial charge < -0.3 is 19.0 Å². The van der Waals surface area contributed by atoms with Crippen molar-refractivity contribution >= 4 is 17.8 Å². The summed E-state index contributed by atoms with van der Waals surface area (Å²) in [5.74, 6) is 0.605. The number of rotatable bonds is 11. The van der Waals surface area contributed by atoms with E-state index in [-0.39, 0.29) is 32.7 Å². The number of nitrogens with zero attached hydrogens (tertiary/aromatic N) is 1. The molecule has 1 heterocycles. The van der Waals surface area contributed by atoms with E-state index in [1.54, 1.807) is 0 Å². The van der Waals surface area contributed by atoms with Crippen molar-refractivity contribution in [1.82, 2.24) is 5.06 Å². The van der Waals surface area contributed by atoms with E-state index in [9.17, 15) is 14.4 Å². The molecule has 8 heteroatoms. The molecule has 0 saturated carbocycles. The van der Waals surface area contributed by atoms with Gasteiger partial charge in [0.25, 0.3) is 11.8 Å². The van der Waals surface area contributed by atoms with Crippen LogP contribution < -0.4 is 0 Å². The average Bonchev–Trinajstić information content (AvgIpc) is 2.81. The van der Waals surface area contributed by atoms with Gasteiger partial charge in [-0.25, -0.2) is 4.79 Å². The van der Waals surface area contributed by atoms with E-state index in [0.717, 1.165) is 0 Å². The highest BCUT2D eigenvalue weighted by Gasteiger charge is 2.32. The van der Waals surface area contributed by atoms with Crippen molar-refractivity contribution in [3.8, 4) is 12.3 Å². The number of amides is 2. The zero-order valence-corrected chi connectivity index (χ0v) is 12.2. The molecule has 0 N–H and O–H groups in total. The molecule has 22 heavy (non-hydrogen) atoms. The molecule has 0 aliphatic carbocycles. The normalized spacial score (nSPS) is 14.2. The Hall–Kier alpha value is -1.95. The van der Waals surface area contributed by atoms with Crippen molar-refractivity contribution in [2.45, 2.75) is 19.3 Å². The second kappa shape index (κ2) is 10.7. The van der Waals surface area contributed by atoms with Gasteiger partial charge in [0.2, 0.25) is 0 Å². The number of carbonyl (C=O) groups is 3. The first-order valence-corrected chi connectivity index (χ1v) is 6.88. The van der Waals surface area contributed by atoms with Crippen LogP contribution in [0.5, 0.6) is 0 Å². The van der Waals surface area contributed by atoms with Gasteiger partial charge in [0.1, 0.15) is 6.61 Å². The van der Waals surface area contributed by atoms with Gasteiger partial charge in [-0.15, -0.1) is 17.4 Å². The molecule has 1 aliphatic rings. The van der Waals surface area contributed by atoms with E-state index in [4.69, 9.17) is 20.6 Å². The van der Waals surface area contributed by atoms with Gasteiger partial charge in [-0.3, -0.25) is 9.59 Å². The molecule has 2 amide bonds. The lowest BCUT2D eigenvalue weighted by Crippen LogP contribution is -2.33. The van der Waals surface area contributed by atoms with Crippen molar-refractivity contribution in [2.24, 2.45) is 0 Å². The van der Waals surface area contributed by atoms with Crippen molar-refractivity contribution < 1.29 is 33.4 Å². The summed E-state index contributed by atoms with van der Waals surface area (Å²) < 4.78 is 15.4. The zero-order chi connectivity index (χ0) is 16.2. The molecule has 1 fully saturated rings. The third kappa shape index (κ3) is 7.17. The lowest BCUT2D eigenvalue weighted by atomic mass is 10.4. The number of carbonyl (C=O) groups excluding carboxylic acids is 3. The van der Waals surface area contributed by atoms with Gasteiger partial charge >= 0.3 is 5.97 Å². The van der Waals surface area contributed by atoms with E-state index in [2.05, 4.69) is 10.8 Å². The fourth-order valence-corrected chi connectivity index (χ4v) is 1.51. The summed E-state index contributed by atoms with van der Waals surface area (Å²) in [5, 5.41) is 0.482. The average molecular weight is 313 g/mol. The van der Waals surface area contributed by atoms with Crippen LogP contribution in [-0.2, 0) is 33.4 Å². The fourth-order valence-electron chi connectivity index (χ4n) is 1.51. The minimum absolute atomic E-state index is 0.0597. The van der Waals surface area contributed by atoms with Crippen molar-refractivity contribution in [2.75, 3.05) is 39.6 Å². The van der Waals surface area contributed by atoms with Crippen molar-refractivity contribution in [1.29, 1.82) is 0 Å². The molecule has 0 atom stereocenters. The number of terminal acetylenes is 1. The highest BCUT2D eigenvalue weighted by molar-refractivity contribution is 6.01. The third-order valence-corrected chi connectivity index (χ3v) is 2.55. The molecular formula is C14H19NO7. The predicted molar refractivity (Wildman–Crippen MR) is 73.1 cm³/mol. The Labute approximate surface area is 128 Å². The minimum Gasteiger partial charge on any atom is -0.378 e. The van der Waals surface area contributed by atoms with Crippen LogP contribution in [0.25, 0.3) is 0 Å². The molecule has 122 valence electrons. The standard InChI is InChI=1S/C14H19NO7/c1-2-3-6-19-7-8-20-9-10-21-11-14(18)22-15-12(16)4-5-13(15)17/h1H,3-11H2. The minimum atomic E-state index is -0.804. The Bertz CT molecular complexity index is 413. The second-order valence-electron chi connectivity index (χ2n) is 4.28. The summed E-state index contributed by atoms with van der Waals surface area (Å²) in [7, 11) is 0. The summed E-state index contributed by atoms with van der Waals surface area (Å²) >= 11 is 0. The first kappa shape index (κ1) is 18.1. The summed E-state index contributed by atoms with van der Waals surface area (Å²) in [5.41, 5.74) is 0. The van der Waals surface area contributed by atoms with Crippen LogP contribution in [0, 0.1) is 12.3 Å². The Balaban J connectivity index is 1.94. The summed E-state index contributed by atoms with van der Waals surface area (Å²) in [4.78, 5) is 38.4. The van der Waals surface area contributed by atoms with Crippen LogP contribution in [0.4, 0.5) is 0 Å². The topological polar surface area (TPSA) is 91.4 Å². The lowest BCUT2D eigenvalue weighted by molar-refractivity contribution is -0.200. The van der Waals surface area contributed by atoms with Gasteiger partial charge in [-0.05, 0) is 0 Å². The number of hydrogen-bond donors (Lipinski definition) is 0. The summed E-state index contributed by atoms with van der Waals surface area (Å²) in [6, 6.07) is 0. The Morgan fingerprint density at radius 2 is 1.55 bits per heavy atom. The molecule has 0 spiro atoms. The van der Waals surface area contributed by atoms with Crippen LogP contribution >= 0.6 is 0 Å². The maximum absolute atomic E-state index is 11.4. The molecule has 1 rings (SSSR count). The highest BCUT2D eigenvalue weighted by Crippen LogP contribution is 2.11. The smallest absolute Gasteiger partial charge is 0.358 e. The fraction of sp³-hybridized carbons (Fsp3) is 0.643.